The van der Waals surface area contributed by atoms with E-state index in [-0.39, 0.29) is 0 Å². The maximum atomic E-state index is 5.86. The summed E-state index contributed by atoms with van der Waals surface area (Å²) in [5, 5.41) is 3.77. The van der Waals surface area contributed by atoms with E-state index in [4.69, 9.17) is 4.74 Å². The fourth-order valence-electron chi connectivity index (χ4n) is 3.60. The van der Waals surface area contributed by atoms with E-state index in [0.717, 1.165) is 25.8 Å². The van der Waals surface area contributed by atoms with Gasteiger partial charge in [0.15, 0.2) is 0 Å². The third-order valence-electron chi connectivity index (χ3n) is 4.81. The van der Waals surface area contributed by atoms with Crippen molar-refractivity contribution in [3.63, 3.8) is 0 Å². The van der Waals surface area contributed by atoms with Gasteiger partial charge in [0.1, 0.15) is 0 Å². The minimum Gasteiger partial charge on any atom is -0.381 e. The van der Waals surface area contributed by atoms with Gasteiger partial charge < -0.3 is 15.0 Å². The number of ether oxygens (including phenoxy) is 1. The Morgan fingerprint density at radius 1 is 1.35 bits per heavy atom. The molecule has 0 spiro atoms. The van der Waals surface area contributed by atoms with Gasteiger partial charge in [-0.25, -0.2) is 0 Å². The van der Waals surface area contributed by atoms with Crippen molar-refractivity contribution in [2.45, 2.75) is 50.3 Å². The minimum atomic E-state index is 0.360. The van der Waals surface area contributed by atoms with E-state index in [1.807, 2.05) is 0 Å². The molecule has 2 saturated heterocycles. The number of rotatable bonds is 5. The third kappa shape index (κ3) is 4.12. The smallest absolute Gasteiger partial charge is 0.0546 e. The first-order valence-corrected chi connectivity index (χ1v) is 9.23. The Morgan fingerprint density at radius 2 is 2.20 bits per heavy atom. The van der Waals surface area contributed by atoms with Crippen LogP contribution in [0.5, 0.6) is 0 Å². The number of nitrogens with one attached hydrogen (secondary N) is 1. The van der Waals surface area contributed by atoms with Gasteiger partial charge in [0.2, 0.25) is 0 Å². The Hall–Kier alpha value is 0.230. The molecule has 4 heteroatoms. The van der Waals surface area contributed by atoms with Crippen LogP contribution in [0.1, 0.15) is 39.5 Å². The van der Waals surface area contributed by atoms with E-state index in [1.54, 1.807) is 0 Å². The maximum Gasteiger partial charge on any atom is 0.0546 e. The summed E-state index contributed by atoms with van der Waals surface area (Å²) in [5.74, 6) is 1.28. The summed E-state index contributed by atoms with van der Waals surface area (Å²) < 4.78 is 6.28. The van der Waals surface area contributed by atoms with E-state index < -0.39 is 0 Å². The summed E-state index contributed by atoms with van der Waals surface area (Å²) >= 11 is 2.12. The van der Waals surface area contributed by atoms with Gasteiger partial charge in [-0.05, 0) is 39.5 Å². The topological polar surface area (TPSA) is 24.5 Å². The SMILES string of the molecule is CC1(C)CN(CC2(CNC3CC3)CCCOC2)CCS1. The van der Waals surface area contributed by atoms with Crippen LogP contribution >= 0.6 is 11.8 Å². The predicted molar refractivity (Wildman–Crippen MR) is 86.5 cm³/mol. The fraction of sp³-hybridized carbons (Fsp3) is 1.00. The zero-order valence-electron chi connectivity index (χ0n) is 13.1. The average molecular weight is 298 g/mol. The first-order chi connectivity index (χ1) is 9.57. The van der Waals surface area contributed by atoms with Gasteiger partial charge in [0.25, 0.3) is 0 Å². The quantitative estimate of drug-likeness (QED) is 0.842. The molecule has 1 N–H and O–H groups in total. The monoisotopic (exact) mass is 298 g/mol. The highest BCUT2D eigenvalue weighted by atomic mass is 32.2. The van der Waals surface area contributed by atoms with Crippen LogP contribution in [0.4, 0.5) is 0 Å². The van der Waals surface area contributed by atoms with Crippen LogP contribution in [0.25, 0.3) is 0 Å². The van der Waals surface area contributed by atoms with Gasteiger partial charge in [-0.3, -0.25) is 0 Å². The van der Waals surface area contributed by atoms with Crippen molar-refractivity contribution < 1.29 is 4.74 Å². The van der Waals surface area contributed by atoms with Gasteiger partial charge in [-0.2, -0.15) is 11.8 Å². The van der Waals surface area contributed by atoms with Gasteiger partial charge in [0.05, 0.1) is 6.61 Å². The summed E-state index contributed by atoms with van der Waals surface area (Å²) in [6.45, 7) is 11.5. The lowest BCUT2D eigenvalue weighted by atomic mass is 9.81. The van der Waals surface area contributed by atoms with E-state index in [2.05, 4.69) is 35.8 Å². The summed E-state index contributed by atoms with van der Waals surface area (Å²) in [6, 6.07) is 0.808. The molecule has 2 aliphatic heterocycles. The molecular weight excluding hydrogens is 268 g/mol. The number of hydrogen-bond donors (Lipinski definition) is 1. The van der Waals surface area contributed by atoms with Crippen molar-refractivity contribution >= 4 is 11.8 Å². The van der Waals surface area contributed by atoms with E-state index in [9.17, 15) is 0 Å². The Bertz CT molecular complexity index is 324. The van der Waals surface area contributed by atoms with Crippen LogP contribution in [0.2, 0.25) is 0 Å². The summed E-state index contributed by atoms with van der Waals surface area (Å²) in [5.41, 5.74) is 0.360. The van der Waals surface area contributed by atoms with Crippen molar-refractivity contribution in [2.24, 2.45) is 5.41 Å². The number of hydrogen-bond acceptors (Lipinski definition) is 4. The Kier molecular flexibility index (Phi) is 4.66. The van der Waals surface area contributed by atoms with Crippen LogP contribution < -0.4 is 5.32 Å². The van der Waals surface area contributed by atoms with E-state index in [0.29, 0.717) is 10.2 Å². The molecule has 0 radical (unpaired) electrons. The molecule has 1 saturated carbocycles. The number of nitrogens with zero attached hydrogens (tertiary/aromatic N) is 1. The molecule has 0 aromatic rings. The second-order valence-electron chi connectivity index (χ2n) is 7.63. The Morgan fingerprint density at radius 3 is 2.85 bits per heavy atom. The molecule has 116 valence electrons. The number of thioether (sulfide) groups is 1. The van der Waals surface area contributed by atoms with Crippen LogP contribution in [0.3, 0.4) is 0 Å². The molecule has 1 unspecified atom stereocenters. The first kappa shape index (κ1) is 15.1. The molecule has 1 atom stereocenters. The van der Waals surface area contributed by atoms with Gasteiger partial charge in [-0.15, -0.1) is 0 Å². The van der Waals surface area contributed by atoms with Crippen LogP contribution in [0, 0.1) is 5.41 Å². The van der Waals surface area contributed by atoms with E-state index >= 15 is 0 Å². The third-order valence-corrected chi connectivity index (χ3v) is 6.11. The lowest BCUT2D eigenvalue weighted by Gasteiger charge is -2.45. The molecule has 0 aromatic carbocycles. The molecule has 3 rings (SSSR count). The molecular formula is C16H30N2OS. The van der Waals surface area contributed by atoms with Crippen molar-refractivity contribution in [1.82, 2.24) is 10.2 Å². The molecule has 0 amide bonds. The molecule has 0 bridgehead atoms. The van der Waals surface area contributed by atoms with Gasteiger partial charge >= 0.3 is 0 Å². The van der Waals surface area contributed by atoms with Crippen LogP contribution in [-0.4, -0.2) is 60.8 Å². The Balaban J connectivity index is 1.59. The molecule has 0 aromatic heterocycles. The normalized spacial score (nSPS) is 35.1. The summed E-state index contributed by atoms with van der Waals surface area (Å²) in [6.07, 6.45) is 5.32. The fourth-order valence-corrected chi connectivity index (χ4v) is 4.78. The lowest BCUT2D eigenvalue weighted by Crippen LogP contribution is -2.53. The average Bonchev–Trinajstić information content (AvgIpc) is 3.20. The maximum absolute atomic E-state index is 5.86. The van der Waals surface area contributed by atoms with Crippen molar-refractivity contribution in [3.05, 3.63) is 0 Å². The summed E-state index contributed by atoms with van der Waals surface area (Å²) in [4.78, 5) is 2.69. The lowest BCUT2D eigenvalue weighted by molar-refractivity contribution is -0.0269. The first-order valence-electron chi connectivity index (χ1n) is 8.25. The molecule has 20 heavy (non-hydrogen) atoms. The van der Waals surface area contributed by atoms with E-state index in [1.165, 1.54) is 51.1 Å². The van der Waals surface area contributed by atoms with Crippen molar-refractivity contribution in [1.29, 1.82) is 0 Å². The second-order valence-corrected chi connectivity index (χ2v) is 9.43. The predicted octanol–water partition coefficient (Wildman–Crippen LogP) is 2.36. The van der Waals surface area contributed by atoms with Gasteiger partial charge in [0, 0.05) is 54.7 Å². The molecule has 1 aliphatic carbocycles. The van der Waals surface area contributed by atoms with Crippen LogP contribution in [0.15, 0.2) is 0 Å². The highest BCUT2D eigenvalue weighted by molar-refractivity contribution is 8.00. The highest BCUT2D eigenvalue weighted by Gasteiger charge is 2.38. The molecule has 3 fully saturated rings. The Labute approximate surface area is 128 Å². The van der Waals surface area contributed by atoms with Crippen LogP contribution in [-0.2, 0) is 4.74 Å². The van der Waals surface area contributed by atoms with Crippen molar-refractivity contribution in [2.75, 3.05) is 45.1 Å². The largest absolute Gasteiger partial charge is 0.381 e. The van der Waals surface area contributed by atoms with Gasteiger partial charge in [-0.1, -0.05) is 0 Å². The molecule has 2 heterocycles. The van der Waals surface area contributed by atoms with Crippen molar-refractivity contribution in [3.8, 4) is 0 Å². The standard InChI is InChI=1S/C16H30N2OS/c1-15(2)11-18(7-9-20-15)12-16(6-3-8-19-13-16)10-17-14-4-5-14/h14,17H,3-13H2,1-2H3. The highest BCUT2D eigenvalue weighted by Crippen LogP contribution is 2.35. The summed E-state index contributed by atoms with van der Waals surface area (Å²) in [7, 11) is 0. The second kappa shape index (κ2) is 6.15. The zero-order valence-corrected chi connectivity index (χ0v) is 13.9. The molecule has 3 nitrogen and oxygen atoms in total. The molecule has 3 aliphatic rings. The minimum absolute atomic E-state index is 0.360. The zero-order chi connectivity index (χ0) is 14.1.